The molecule has 0 unspecified atom stereocenters. The van der Waals surface area contributed by atoms with E-state index in [0.717, 1.165) is 41.5 Å². The first kappa shape index (κ1) is 95.1. The molecule has 0 aliphatic carbocycles. The van der Waals surface area contributed by atoms with Crippen LogP contribution in [0, 0.1) is 87.0 Å². The van der Waals surface area contributed by atoms with Gasteiger partial charge in [-0.15, -0.1) is 12.8 Å². The Balaban J connectivity index is 0.000000157. The van der Waals surface area contributed by atoms with Crippen molar-refractivity contribution in [3.63, 3.8) is 0 Å². The molecule has 0 saturated heterocycles. The van der Waals surface area contributed by atoms with Gasteiger partial charge in [-0.25, -0.2) is 33.7 Å². The highest BCUT2D eigenvalue weighted by molar-refractivity contribution is 6.31. The highest BCUT2D eigenvalue weighted by Gasteiger charge is 2.26. The Hall–Kier alpha value is -15.6. The number of carbonyl (C=O) groups excluding carboxylic acids is 5. The molecule has 0 saturated carbocycles. The fourth-order valence-corrected chi connectivity index (χ4v) is 12.3. The maximum atomic E-state index is 13.3. The second-order valence-corrected chi connectivity index (χ2v) is 30.6. The zero-order valence-corrected chi connectivity index (χ0v) is 74.2. The van der Waals surface area contributed by atoms with Crippen LogP contribution in [-0.2, 0) is 38.0 Å². The molecule has 130 heavy (non-hydrogen) atoms. The molecule has 0 amide bonds. The fraction of sp³-hybridized carbons (Fsp3) is 0.160. The lowest BCUT2D eigenvalue weighted by molar-refractivity contribution is 0.0170. The quantitative estimate of drug-likeness (QED) is 0.0359. The molecule has 30 heteroatoms. The molecule has 0 bridgehead atoms. The van der Waals surface area contributed by atoms with Crippen LogP contribution in [0.5, 0.6) is 57.5 Å². The van der Waals surface area contributed by atoms with Crippen LogP contribution < -0.4 is 23.7 Å². The molecule has 0 N–H and O–H groups in total. The van der Waals surface area contributed by atoms with Crippen molar-refractivity contribution >= 4 is 63.7 Å². The number of Topliss-reactive ketones (excluding diaryl/α,β-unsaturated/α-hetero) is 5. The average molecular weight is 1800 g/mol. The van der Waals surface area contributed by atoms with Crippen molar-refractivity contribution in [3.05, 3.63) is 384 Å². The molecule has 652 valence electrons. The number of hydrogen-bond acceptors (Lipinski definition) is 25. The molecule has 15 rings (SSSR count). The Morgan fingerprint density at radius 1 is 0.300 bits per heavy atom. The lowest BCUT2D eigenvalue weighted by atomic mass is 10.1. The zero-order chi connectivity index (χ0) is 93.0. The van der Waals surface area contributed by atoms with Crippen LogP contribution in [0.15, 0.2) is 244 Å². The van der Waals surface area contributed by atoms with E-state index in [1.165, 1.54) is 30.7 Å². The van der Waals surface area contributed by atoms with E-state index in [4.69, 9.17) is 71.3 Å². The first-order chi connectivity index (χ1) is 62.2. The number of hydrogen-bond donors (Lipinski definition) is 0. The van der Waals surface area contributed by atoms with Crippen LogP contribution in [0.4, 0.5) is 8.78 Å². The number of rotatable bonds is 26. The van der Waals surface area contributed by atoms with Crippen LogP contribution in [-0.4, -0.2) is 104 Å². The molecule has 0 spiro atoms. The number of ether oxygens (including phenoxy) is 5. The van der Waals surface area contributed by atoms with E-state index in [1.807, 2.05) is 97.0 Å². The van der Waals surface area contributed by atoms with Crippen LogP contribution in [0.25, 0.3) is 0 Å². The molecule has 15 aromatic heterocycles. The summed E-state index contributed by atoms with van der Waals surface area (Å²) in [5, 5.41) is 1.42. The highest BCUT2D eigenvalue weighted by Crippen LogP contribution is 2.32. The third-order valence-electron chi connectivity index (χ3n) is 18.0. The SMILES string of the molecule is C#Cc1ccc(CC(=O)c2cc(Oc3ccc(C)nc3)cc(C)n2)nc1.C#Cc1ccc(CC(=O)c2cc(Oc3cncc(Cl)c3)cc(C)n2)nc1.Cc1ccc(CC(=O)c2cc(Oc3cncc(Cl)c3)cc(C)n2)nc1.Cc1ccc(Oc2cc(C)nc(C(=O)Cc3ccc(C(C)(F)F)cn3)c2)cn1.Cc1cccc(CC(=O)c2cc(Oc3cncc(Cl)c3)cc(C)n2)n1. The minimum Gasteiger partial charge on any atom is -0.456 e. The van der Waals surface area contributed by atoms with Gasteiger partial charge in [0.2, 0.25) is 0 Å². The number of carbonyl (C=O) groups is 5. The molecule has 25 nitrogen and oxygen atoms in total. The molecular formula is C100H82Cl3F2N15O10. The van der Waals surface area contributed by atoms with Crippen LogP contribution in [0.2, 0.25) is 15.1 Å². The molecule has 15 heterocycles. The lowest BCUT2D eigenvalue weighted by Gasteiger charge is -2.10. The number of ketones is 5. The summed E-state index contributed by atoms with van der Waals surface area (Å²) < 4.78 is 55.3. The van der Waals surface area contributed by atoms with Crippen molar-refractivity contribution in [3.8, 4) is 82.2 Å². The molecular weight excluding hydrogens is 1720 g/mol. The molecule has 0 atom stereocenters. The lowest BCUT2D eigenvalue weighted by Crippen LogP contribution is -2.11. The van der Waals surface area contributed by atoms with Gasteiger partial charge in [0.1, 0.15) is 86.0 Å². The van der Waals surface area contributed by atoms with Crippen molar-refractivity contribution in [2.45, 2.75) is 107 Å². The maximum Gasteiger partial charge on any atom is 0.272 e. The summed E-state index contributed by atoms with van der Waals surface area (Å²) >= 11 is 17.7. The predicted molar refractivity (Wildman–Crippen MR) is 487 cm³/mol. The number of pyridine rings is 15. The van der Waals surface area contributed by atoms with E-state index in [9.17, 15) is 32.8 Å². The minimum atomic E-state index is -2.97. The fourth-order valence-electron chi connectivity index (χ4n) is 11.8. The van der Waals surface area contributed by atoms with E-state index >= 15 is 0 Å². The van der Waals surface area contributed by atoms with Crippen molar-refractivity contribution in [2.75, 3.05) is 0 Å². The number of nitrogens with zero attached hydrogens (tertiary/aromatic N) is 15. The van der Waals surface area contributed by atoms with Gasteiger partial charge < -0.3 is 23.7 Å². The van der Waals surface area contributed by atoms with Crippen LogP contribution >= 0.6 is 34.8 Å². The number of terminal acetylenes is 2. The van der Waals surface area contributed by atoms with E-state index in [0.29, 0.717) is 158 Å². The second-order valence-electron chi connectivity index (χ2n) is 29.3. The Bertz CT molecular complexity index is 6650. The summed E-state index contributed by atoms with van der Waals surface area (Å²) in [6.45, 7) is 17.4. The number of halogens is 5. The van der Waals surface area contributed by atoms with E-state index in [-0.39, 0.29) is 72.3 Å². The van der Waals surface area contributed by atoms with Crippen molar-refractivity contribution in [2.24, 2.45) is 0 Å². The summed E-state index contributed by atoms with van der Waals surface area (Å²) in [6, 6.07) is 48.1. The first-order valence-electron chi connectivity index (χ1n) is 39.9. The summed E-state index contributed by atoms with van der Waals surface area (Å²) in [6.07, 6.45) is 29.6. The summed E-state index contributed by atoms with van der Waals surface area (Å²) in [5.41, 5.74) is 12.8. The monoisotopic (exact) mass is 1800 g/mol. The van der Waals surface area contributed by atoms with Gasteiger partial charge in [0, 0.05) is 220 Å². The first-order valence-corrected chi connectivity index (χ1v) is 41.1. The Morgan fingerprint density at radius 3 is 0.885 bits per heavy atom. The number of aromatic nitrogens is 15. The molecule has 15 aromatic rings. The third kappa shape index (κ3) is 30.4. The second kappa shape index (κ2) is 45.6. The zero-order valence-electron chi connectivity index (χ0n) is 72.0. The molecule has 0 aliphatic rings. The van der Waals surface area contributed by atoms with E-state index in [1.54, 1.807) is 173 Å². The van der Waals surface area contributed by atoms with Gasteiger partial charge in [0.05, 0.1) is 78.2 Å². The summed E-state index contributed by atoms with van der Waals surface area (Å²) in [5.74, 6) is 6.36. The number of alkyl halides is 2. The minimum absolute atomic E-state index is 0.0441. The molecule has 0 fully saturated rings. The Morgan fingerprint density at radius 2 is 0.615 bits per heavy atom. The molecule has 0 aliphatic heterocycles. The van der Waals surface area contributed by atoms with Crippen molar-refractivity contribution in [1.29, 1.82) is 0 Å². The maximum absolute atomic E-state index is 13.3. The van der Waals surface area contributed by atoms with Gasteiger partial charge in [-0.2, -0.15) is 0 Å². The smallest absolute Gasteiger partial charge is 0.272 e. The van der Waals surface area contributed by atoms with E-state index < -0.39 is 5.92 Å². The van der Waals surface area contributed by atoms with Gasteiger partial charge in [0.15, 0.2) is 28.9 Å². The van der Waals surface area contributed by atoms with Crippen LogP contribution in [0.1, 0.15) is 156 Å². The largest absolute Gasteiger partial charge is 0.456 e. The predicted octanol–water partition coefficient (Wildman–Crippen LogP) is 21.3. The Kier molecular flexibility index (Phi) is 33.3. The Labute approximate surface area is 763 Å². The van der Waals surface area contributed by atoms with Gasteiger partial charge in [0.25, 0.3) is 5.92 Å². The molecule has 0 aromatic carbocycles. The summed E-state index contributed by atoms with van der Waals surface area (Å²) in [7, 11) is 0. The number of aryl methyl sites for hydroxylation is 9. The third-order valence-corrected chi connectivity index (χ3v) is 18.6. The average Bonchev–Trinajstić information content (AvgIpc) is 0.790. The van der Waals surface area contributed by atoms with Gasteiger partial charge in [-0.3, -0.25) is 73.8 Å². The van der Waals surface area contributed by atoms with Gasteiger partial charge in [-0.1, -0.05) is 58.8 Å². The van der Waals surface area contributed by atoms with Gasteiger partial charge in [-0.05, 0) is 147 Å². The topological polar surface area (TPSA) is 325 Å². The standard InChI is InChI=1S/C21H19F2N3O2.C21H17N3O2.C20H14ClN3O2.2C19H16ClN3O2/c1-13-4-7-17(12-24-13)28-18-8-14(2)26-19(10-18)20(27)9-16-6-5-15(11-25-16)21(3,22)23;1-4-16-6-7-17(23-12-16)10-21(25)20-11-19(9-15(3)24-20)26-18-8-5-14(2)22-13-18;1-3-14-4-5-16(23-10-14)8-20(25)19-9-17(6-13(2)24-19)26-18-7-15(21)11-22-12-18;1-12-3-4-15(22-9-12)7-19(24)18-8-16(5-13(2)23-18)25-17-6-14(20)10-21-11-17;1-12-4-3-5-15(22-12)8-19(24)18-9-16(6-13(2)23-18)25-17-7-14(20)10-21-11-17/h4-8,10-12H,9H2,1-3H3;1,5-9,11-13H,10H2,2-3H3;1,4-7,9-12H,8H2,2H3;3-6,8-11H,7H2,1-2H3;3-7,9-11H,8H2,1-2H3. The molecule has 0 radical (unpaired) electrons. The normalized spacial score (nSPS) is 10.6. The van der Waals surface area contributed by atoms with Crippen LogP contribution in [0.3, 0.4) is 0 Å². The van der Waals surface area contributed by atoms with Gasteiger partial charge >= 0.3 is 0 Å². The van der Waals surface area contributed by atoms with Crippen molar-refractivity contribution < 1.29 is 56.4 Å². The van der Waals surface area contributed by atoms with E-state index in [2.05, 4.69) is 86.6 Å². The van der Waals surface area contributed by atoms with Crippen molar-refractivity contribution in [1.82, 2.24) is 74.8 Å². The summed E-state index contributed by atoms with van der Waals surface area (Å²) in [4.78, 5) is 125. The highest BCUT2D eigenvalue weighted by atomic mass is 35.5.